The fourth-order valence-corrected chi connectivity index (χ4v) is 5.04. The first-order valence-electron chi connectivity index (χ1n) is 10.6. The smallest absolute Gasteiger partial charge is 0.128 e. The first-order valence-corrected chi connectivity index (χ1v) is 10.6. The van der Waals surface area contributed by atoms with Gasteiger partial charge in [0.05, 0.1) is 0 Å². The number of nitrogens with zero attached hydrogens (tertiary/aromatic N) is 2. The maximum Gasteiger partial charge on any atom is 0.128 e. The second-order valence-electron chi connectivity index (χ2n) is 8.37. The Labute approximate surface area is 148 Å². The van der Waals surface area contributed by atoms with E-state index < -0.39 is 0 Å². The van der Waals surface area contributed by atoms with Gasteiger partial charge < -0.3 is 0 Å². The molecule has 0 amide bonds. The van der Waals surface area contributed by atoms with Gasteiger partial charge in [0.15, 0.2) is 0 Å². The van der Waals surface area contributed by atoms with Gasteiger partial charge >= 0.3 is 0 Å². The van der Waals surface area contributed by atoms with Crippen LogP contribution in [0, 0.1) is 23.7 Å². The molecule has 0 spiro atoms. The van der Waals surface area contributed by atoms with Crippen molar-refractivity contribution in [1.82, 2.24) is 9.97 Å². The van der Waals surface area contributed by atoms with Crippen LogP contribution in [0.25, 0.3) is 0 Å². The minimum Gasteiger partial charge on any atom is -0.241 e. The average molecular weight is 329 g/mol. The van der Waals surface area contributed by atoms with Crippen LogP contribution in [0.5, 0.6) is 0 Å². The summed E-state index contributed by atoms with van der Waals surface area (Å²) < 4.78 is 0. The summed E-state index contributed by atoms with van der Waals surface area (Å²) in [6, 6.07) is 0. The lowest BCUT2D eigenvalue weighted by atomic mass is 9.68. The molecule has 2 aliphatic carbocycles. The molecule has 2 heteroatoms. The quantitative estimate of drug-likeness (QED) is 0.640. The lowest BCUT2D eigenvalue weighted by Crippen LogP contribution is -2.26. The molecule has 0 atom stereocenters. The molecule has 2 fully saturated rings. The Balaban J connectivity index is 1.37. The molecule has 0 unspecified atom stereocenters. The van der Waals surface area contributed by atoms with E-state index in [-0.39, 0.29) is 0 Å². The number of hydrogen-bond donors (Lipinski definition) is 0. The summed E-state index contributed by atoms with van der Waals surface area (Å²) in [6.07, 6.45) is 20.7. The van der Waals surface area contributed by atoms with Gasteiger partial charge in [0, 0.05) is 18.8 Å². The van der Waals surface area contributed by atoms with Gasteiger partial charge in [0.2, 0.25) is 0 Å². The molecule has 0 saturated heterocycles. The van der Waals surface area contributed by atoms with Crippen LogP contribution in [0.1, 0.15) is 89.4 Å². The average Bonchev–Trinajstić information content (AvgIpc) is 2.67. The highest BCUT2D eigenvalue weighted by Gasteiger charge is 2.30. The number of aromatic nitrogens is 2. The predicted molar refractivity (Wildman–Crippen MR) is 101 cm³/mol. The maximum absolute atomic E-state index is 4.53. The van der Waals surface area contributed by atoms with Crippen LogP contribution in [0.15, 0.2) is 12.4 Å². The molecule has 0 radical (unpaired) electrons. The molecule has 2 nitrogen and oxygen atoms in total. The molecular formula is C22H36N2. The van der Waals surface area contributed by atoms with Crippen LogP contribution in [0.2, 0.25) is 0 Å². The van der Waals surface area contributed by atoms with Gasteiger partial charge in [-0.3, -0.25) is 0 Å². The molecule has 0 bridgehead atoms. The van der Waals surface area contributed by atoms with Crippen molar-refractivity contribution in [2.75, 3.05) is 0 Å². The first-order chi connectivity index (χ1) is 11.8. The lowest BCUT2D eigenvalue weighted by Gasteiger charge is -2.37. The van der Waals surface area contributed by atoms with Crippen molar-refractivity contribution in [2.45, 2.75) is 90.9 Å². The fraction of sp³-hybridized carbons (Fsp3) is 0.818. The van der Waals surface area contributed by atoms with Crippen LogP contribution in [-0.4, -0.2) is 9.97 Å². The highest BCUT2D eigenvalue weighted by Crippen LogP contribution is 2.42. The van der Waals surface area contributed by atoms with Gasteiger partial charge in [0.1, 0.15) is 5.82 Å². The molecule has 2 aliphatic rings. The topological polar surface area (TPSA) is 25.8 Å². The van der Waals surface area contributed by atoms with Crippen molar-refractivity contribution in [3.63, 3.8) is 0 Å². The highest BCUT2D eigenvalue weighted by molar-refractivity contribution is 5.04. The molecule has 0 N–H and O–H groups in total. The third-order valence-electron chi connectivity index (χ3n) is 6.97. The molecule has 3 rings (SSSR count). The third-order valence-corrected chi connectivity index (χ3v) is 6.97. The molecule has 0 aliphatic heterocycles. The van der Waals surface area contributed by atoms with E-state index in [0.29, 0.717) is 0 Å². The number of rotatable bonds is 6. The third kappa shape index (κ3) is 4.80. The van der Waals surface area contributed by atoms with E-state index in [4.69, 9.17) is 0 Å². The van der Waals surface area contributed by atoms with Crippen molar-refractivity contribution in [3.8, 4) is 0 Å². The van der Waals surface area contributed by atoms with Crippen molar-refractivity contribution in [1.29, 1.82) is 0 Å². The SMILES string of the molecule is CCc1cnc(CCC2CCC(C3CCC(CC)CC3)CC2)nc1. The van der Waals surface area contributed by atoms with Crippen molar-refractivity contribution in [2.24, 2.45) is 23.7 Å². The first kappa shape index (κ1) is 17.9. The van der Waals surface area contributed by atoms with Gasteiger partial charge in [0.25, 0.3) is 0 Å². The Hall–Kier alpha value is -0.920. The van der Waals surface area contributed by atoms with Crippen LogP contribution in [-0.2, 0) is 12.8 Å². The van der Waals surface area contributed by atoms with Crippen molar-refractivity contribution >= 4 is 0 Å². The summed E-state index contributed by atoms with van der Waals surface area (Å²) >= 11 is 0. The van der Waals surface area contributed by atoms with Gasteiger partial charge in [-0.25, -0.2) is 9.97 Å². The fourth-order valence-electron chi connectivity index (χ4n) is 5.04. The standard InChI is InChI=1S/C22H36N2/c1-3-17-5-10-20(11-6-17)21-12-7-19(8-13-21)9-14-22-23-15-18(4-2)16-24-22/h15-17,19-21H,3-14H2,1-2H3. The van der Waals surface area contributed by atoms with E-state index in [9.17, 15) is 0 Å². The summed E-state index contributed by atoms with van der Waals surface area (Å²) in [6.45, 7) is 4.53. The van der Waals surface area contributed by atoms with E-state index in [1.54, 1.807) is 0 Å². The zero-order valence-electron chi connectivity index (χ0n) is 15.8. The summed E-state index contributed by atoms with van der Waals surface area (Å²) in [5.74, 6) is 5.10. The van der Waals surface area contributed by atoms with Crippen molar-refractivity contribution in [3.05, 3.63) is 23.8 Å². The summed E-state index contributed by atoms with van der Waals surface area (Å²) in [5, 5.41) is 0. The Kier molecular flexibility index (Phi) is 6.68. The zero-order valence-corrected chi connectivity index (χ0v) is 15.8. The second-order valence-corrected chi connectivity index (χ2v) is 8.37. The lowest BCUT2D eigenvalue weighted by molar-refractivity contribution is 0.142. The van der Waals surface area contributed by atoms with Crippen LogP contribution < -0.4 is 0 Å². The summed E-state index contributed by atoms with van der Waals surface area (Å²) in [4.78, 5) is 9.05. The molecule has 24 heavy (non-hydrogen) atoms. The minimum absolute atomic E-state index is 0.919. The second kappa shape index (κ2) is 8.97. The Morgan fingerprint density at radius 1 is 0.792 bits per heavy atom. The molecule has 2 saturated carbocycles. The molecule has 1 heterocycles. The Morgan fingerprint density at radius 3 is 1.83 bits per heavy atom. The highest BCUT2D eigenvalue weighted by atomic mass is 14.9. The van der Waals surface area contributed by atoms with Crippen molar-refractivity contribution < 1.29 is 0 Å². The van der Waals surface area contributed by atoms with Gasteiger partial charge in [-0.05, 0) is 67.8 Å². The molecular weight excluding hydrogens is 292 g/mol. The van der Waals surface area contributed by atoms with Crippen LogP contribution in [0.3, 0.4) is 0 Å². The van der Waals surface area contributed by atoms with E-state index in [1.807, 2.05) is 12.4 Å². The van der Waals surface area contributed by atoms with E-state index in [2.05, 4.69) is 23.8 Å². The van der Waals surface area contributed by atoms with E-state index in [0.717, 1.165) is 42.3 Å². The van der Waals surface area contributed by atoms with Crippen LogP contribution >= 0.6 is 0 Å². The molecule has 1 aromatic heterocycles. The van der Waals surface area contributed by atoms with Gasteiger partial charge in [-0.1, -0.05) is 46.0 Å². The summed E-state index contributed by atoms with van der Waals surface area (Å²) in [7, 11) is 0. The number of aryl methyl sites for hydroxylation is 2. The molecule has 0 aromatic carbocycles. The van der Waals surface area contributed by atoms with Gasteiger partial charge in [-0.15, -0.1) is 0 Å². The molecule has 1 aromatic rings. The van der Waals surface area contributed by atoms with Crippen LogP contribution in [0.4, 0.5) is 0 Å². The number of hydrogen-bond acceptors (Lipinski definition) is 2. The Morgan fingerprint density at radius 2 is 1.33 bits per heavy atom. The monoisotopic (exact) mass is 328 g/mol. The van der Waals surface area contributed by atoms with E-state index >= 15 is 0 Å². The van der Waals surface area contributed by atoms with E-state index in [1.165, 1.54) is 69.8 Å². The minimum atomic E-state index is 0.919. The largest absolute Gasteiger partial charge is 0.241 e. The Bertz CT molecular complexity index is 465. The summed E-state index contributed by atoms with van der Waals surface area (Å²) in [5.41, 5.74) is 1.25. The zero-order chi connectivity index (χ0) is 16.8. The maximum atomic E-state index is 4.53. The van der Waals surface area contributed by atoms with Gasteiger partial charge in [-0.2, -0.15) is 0 Å². The normalized spacial score (nSPS) is 31.1. The predicted octanol–water partition coefficient (Wildman–Crippen LogP) is 5.99. The molecule has 134 valence electrons.